The van der Waals surface area contributed by atoms with Crippen molar-refractivity contribution in [2.45, 2.75) is 6.61 Å². The summed E-state index contributed by atoms with van der Waals surface area (Å²) in [5, 5.41) is 17.2. The maximum absolute atomic E-state index is 10.1. The van der Waals surface area contributed by atoms with Crippen molar-refractivity contribution >= 4 is 0 Å². The molecule has 0 bridgehead atoms. The average molecular weight is 213 g/mol. The number of hydrogen-bond donors (Lipinski definition) is 0. The highest BCUT2D eigenvalue weighted by atomic mass is 16.9. The van der Waals surface area contributed by atoms with Gasteiger partial charge in [0.05, 0.1) is 0 Å². The molecule has 0 saturated heterocycles. The van der Waals surface area contributed by atoms with Gasteiger partial charge in [-0.25, -0.2) is 20.2 Å². The number of rotatable bonds is 5. The molecule has 80 valence electrons. The van der Waals surface area contributed by atoms with Crippen LogP contribution in [-0.4, -0.2) is 15.3 Å². The van der Waals surface area contributed by atoms with Crippen LogP contribution >= 0.6 is 0 Å². The molecule has 0 atom stereocenters. The van der Waals surface area contributed by atoms with Gasteiger partial charge in [0.25, 0.3) is 10.1 Å². The highest BCUT2D eigenvalue weighted by molar-refractivity contribution is 5.13. The van der Waals surface area contributed by atoms with Gasteiger partial charge in [-0.3, -0.25) is 0 Å². The van der Waals surface area contributed by atoms with E-state index in [2.05, 4.69) is 4.84 Å². The Labute approximate surface area is 83.9 Å². The van der Waals surface area contributed by atoms with Crippen molar-refractivity contribution in [2.75, 3.05) is 0 Å². The summed E-state index contributed by atoms with van der Waals surface area (Å²) in [6, 6.07) is 8.42. The summed E-state index contributed by atoms with van der Waals surface area (Å²) in [5.41, 5.74) is 0.603. The second-order valence-corrected chi connectivity index (χ2v) is 2.49. The van der Waals surface area contributed by atoms with E-state index in [1.165, 1.54) is 0 Å². The van der Waals surface area contributed by atoms with E-state index in [4.69, 9.17) is 0 Å². The molecule has 8 nitrogen and oxygen atoms in total. The molecule has 0 heterocycles. The van der Waals surface area contributed by atoms with E-state index in [0.29, 0.717) is 5.56 Å². The van der Waals surface area contributed by atoms with Crippen molar-refractivity contribution in [3.05, 3.63) is 56.1 Å². The lowest BCUT2D eigenvalue weighted by Crippen LogP contribution is -2.35. The van der Waals surface area contributed by atoms with Gasteiger partial charge in [0.15, 0.2) is 0 Å². The predicted molar refractivity (Wildman–Crippen MR) is 47.1 cm³/mol. The third-order valence-electron chi connectivity index (χ3n) is 1.47. The lowest BCUT2D eigenvalue weighted by Gasteiger charge is -2.02. The average Bonchev–Trinajstić information content (AvgIpc) is 2.18. The Balaban J connectivity index is 2.55. The zero-order chi connectivity index (χ0) is 11.3. The lowest BCUT2D eigenvalue weighted by atomic mass is 10.2. The van der Waals surface area contributed by atoms with E-state index in [1.54, 1.807) is 30.3 Å². The molecule has 0 fully saturated rings. The van der Waals surface area contributed by atoms with Gasteiger partial charge in [-0.1, -0.05) is 30.3 Å². The summed E-state index contributed by atoms with van der Waals surface area (Å²) in [6.45, 7) is -0.233. The van der Waals surface area contributed by atoms with Crippen molar-refractivity contribution in [1.82, 2.24) is 5.28 Å². The van der Waals surface area contributed by atoms with Crippen LogP contribution < -0.4 is 0 Å². The van der Waals surface area contributed by atoms with Crippen LogP contribution in [0.3, 0.4) is 0 Å². The molecule has 0 aliphatic rings. The van der Waals surface area contributed by atoms with Crippen LogP contribution in [0.4, 0.5) is 0 Å². The molecule has 0 N–H and O–H groups in total. The van der Waals surface area contributed by atoms with Gasteiger partial charge in [-0.05, 0) is 5.56 Å². The SMILES string of the molecule is O=[N+]([O-])N(OCc1ccccc1)[N+](=O)[O-]. The third-order valence-corrected chi connectivity index (χ3v) is 1.47. The molecule has 1 aromatic carbocycles. The smallest absolute Gasteiger partial charge is 0.228 e. The molecule has 0 aromatic heterocycles. The molecule has 0 aliphatic carbocycles. The number of nitrogens with zero attached hydrogens (tertiary/aromatic N) is 3. The van der Waals surface area contributed by atoms with Gasteiger partial charge in [0, 0.05) is 0 Å². The summed E-state index contributed by atoms with van der Waals surface area (Å²) in [6.07, 6.45) is 0. The maximum atomic E-state index is 10.1. The third kappa shape index (κ3) is 3.19. The second-order valence-electron chi connectivity index (χ2n) is 2.49. The molecule has 0 unspecified atom stereocenters. The zero-order valence-corrected chi connectivity index (χ0v) is 7.48. The maximum Gasteiger partial charge on any atom is 0.328 e. The van der Waals surface area contributed by atoms with Crippen molar-refractivity contribution in [1.29, 1.82) is 0 Å². The quantitative estimate of drug-likeness (QED) is 0.529. The van der Waals surface area contributed by atoms with Crippen molar-refractivity contribution < 1.29 is 14.9 Å². The monoisotopic (exact) mass is 213 g/mol. The fraction of sp³-hybridized carbons (Fsp3) is 0.143. The minimum atomic E-state index is -1.25. The number of hydrazine groups is 2. The van der Waals surface area contributed by atoms with Crippen LogP contribution in [0.15, 0.2) is 30.3 Å². The molecule has 1 rings (SSSR count). The topological polar surface area (TPSA) is 98.8 Å². The van der Waals surface area contributed by atoms with Crippen molar-refractivity contribution in [3.63, 3.8) is 0 Å². The van der Waals surface area contributed by atoms with E-state index in [9.17, 15) is 20.2 Å². The van der Waals surface area contributed by atoms with Crippen molar-refractivity contribution in [3.8, 4) is 0 Å². The van der Waals surface area contributed by atoms with Crippen LogP contribution in [0.5, 0.6) is 0 Å². The Morgan fingerprint density at radius 2 is 1.67 bits per heavy atom. The van der Waals surface area contributed by atoms with E-state index in [-0.39, 0.29) is 6.61 Å². The van der Waals surface area contributed by atoms with Crippen LogP contribution in [-0.2, 0) is 11.4 Å². The first-order chi connectivity index (χ1) is 7.11. The van der Waals surface area contributed by atoms with E-state index >= 15 is 0 Å². The summed E-state index contributed by atoms with van der Waals surface area (Å²) in [7, 11) is 0. The van der Waals surface area contributed by atoms with E-state index in [0.717, 1.165) is 0 Å². The number of nitro groups is 2. The van der Waals surface area contributed by atoms with Gasteiger partial charge >= 0.3 is 5.28 Å². The highest BCUT2D eigenvalue weighted by Crippen LogP contribution is 2.02. The summed E-state index contributed by atoms with van der Waals surface area (Å²) >= 11 is 0. The van der Waals surface area contributed by atoms with Crippen LogP contribution in [0.2, 0.25) is 0 Å². The largest absolute Gasteiger partial charge is 0.328 e. The van der Waals surface area contributed by atoms with Gasteiger partial charge in [0.1, 0.15) is 6.61 Å². The highest BCUT2D eigenvalue weighted by Gasteiger charge is 2.29. The minimum absolute atomic E-state index is 0.233. The minimum Gasteiger partial charge on any atom is -0.228 e. The van der Waals surface area contributed by atoms with E-state index < -0.39 is 15.3 Å². The Morgan fingerprint density at radius 1 is 1.13 bits per heavy atom. The Bertz CT molecular complexity index is 341. The van der Waals surface area contributed by atoms with Gasteiger partial charge in [-0.15, -0.1) is 0 Å². The normalized spacial score (nSPS) is 9.60. The zero-order valence-electron chi connectivity index (χ0n) is 7.48. The molecule has 15 heavy (non-hydrogen) atoms. The van der Waals surface area contributed by atoms with E-state index in [1.807, 2.05) is 0 Å². The second kappa shape index (κ2) is 4.86. The molecular weight excluding hydrogens is 206 g/mol. The van der Waals surface area contributed by atoms with Crippen molar-refractivity contribution in [2.24, 2.45) is 0 Å². The fourth-order valence-corrected chi connectivity index (χ4v) is 0.860. The molecule has 0 aliphatic heterocycles. The molecule has 1 aromatic rings. The Kier molecular flexibility index (Phi) is 3.52. The van der Waals surface area contributed by atoms with Gasteiger partial charge in [-0.2, -0.15) is 4.84 Å². The van der Waals surface area contributed by atoms with Gasteiger partial charge in [0.2, 0.25) is 0 Å². The first-order valence-corrected chi connectivity index (χ1v) is 3.87. The lowest BCUT2D eigenvalue weighted by molar-refractivity contribution is -0.975. The predicted octanol–water partition coefficient (Wildman–Crippen LogP) is 0.804. The molecule has 8 heteroatoms. The summed E-state index contributed by atoms with van der Waals surface area (Å²) < 4.78 is 0. The first kappa shape index (κ1) is 10.9. The van der Waals surface area contributed by atoms with Crippen LogP contribution in [0.25, 0.3) is 0 Å². The number of benzene rings is 1. The fourth-order valence-electron chi connectivity index (χ4n) is 0.860. The Hall–Kier alpha value is -2.22. The van der Waals surface area contributed by atoms with Crippen LogP contribution in [0.1, 0.15) is 5.56 Å². The van der Waals surface area contributed by atoms with Crippen LogP contribution in [0, 0.1) is 20.2 Å². The molecule has 0 radical (unpaired) electrons. The Morgan fingerprint density at radius 3 is 2.13 bits per heavy atom. The molecule has 0 spiro atoms. The first-order valence-electron chi connectivity index (χ1n) is 3.87. The molecular formula is C7H7N3O5. The molecule has 0 saturated carbocycles. The summed E-state index contributed by atoms with van der Waals surface area (Å²) in [4.78, 5) is 24.6. The summed E-state index contributed by atoms with van der Waals surface area (Å²) in [5.74, 6) is 0. The number of hydrogen-bond acceptors (Lipinski definition) is 5. The van der Waals surface area contributed by atoms with Gasteiger partial charge < -0.3 is 0 Å². The molecule has 0 amide bonds. The standard InChI is InChI=1S/C7H7N3O5/c11-9(12)8(10(13)14)15-6-7-4-2-1-3-5-7/h1-5H,6H2.